The summed E-state index contributed by atoms with van der Waals surface area (Å²) in [5.74, 6) is -0.0619. The standard InChI is InChI=1S/C11H15ClN2O2/c1-13-6-8(12)5-10(13)11(16)14-4-2-3-9(15)7-14/h5-6,9,15H,2-4,7H2,1H3. The second kappa shape index (κ2) is 4.47. The molecule has 1 unspecified atom stereocenters. The fourth-order valence-corrected chi connectivity index (χ4v) is 2.29. The van der Waals surface area contributed by atoms with E-state index in [2.05, 4.69) is 0 Å². The lowest BCUT2D eigenvalue weighted by Crippen LogP contribution is -2.42. The minimum Gasteiger partial charge on any atom is -0.391 e. The van der Waals surface area contributed by atoms with E-state index in [4.69, 9.17) is 11.6 Å². The highest BCUT2D eigenvalue weighted by atomic mass is 35.5. The van der Waals surface area contributed by atoms with Crippen molar-refractivity contribution in [3.05, 3.63) is 23.0 Å². The number of β-amino-alcohol motifs (C(OH)–C–C–N with tert-alkyl or cyclic N) is 1. The van der Waals surface area contributed by atoms with Gasteiger partial charge >= 0.3 is 0 Å². The highest BCUT2D eigenvalue weighted by Crippen LogP contribution is 2.17. The predicted molar refractivity (Wildman–Crippen MR) is 61.6 cm³/mol. The number of aryl methyl sites for hydroxylation is 1. The van der Waals surface area contributed by atoms with Crippen LogP contribution in [0.25, 0.3) is 0 Å². The van der Waals surface area contributed by atoms with Crippen LogP contribution >= 0.6 is 11.6 Å². The summed E-state index contributed by atoms with van der Waals surface area (Å²) < 4.78 is 1.71. The molecule has 1 aliphatic heterocycles. The van der Waals surface area contributed by atoms with Crippen LogP contribution in [-0.4, -0.2) is 39.7 Å². The molecule has 0 saturated carbocycles. The van der Waals surface area contributed by atoms with Gasteiger partial charge in [0.25, 0.3) is 5.91 Å². The zero-order chi connectivity index (χ0) is 11.7. The lowest BCUT2D eigenvalue weighted by Gasteiger charge is -2.30. The third kappa shape index (κ3) is 2.23. The number of piperidine rings is 1. The van der Waals surface area contributed by atoms with E-state index in [9.17, 15) is 9.90 Å². The first-order chi connectivity index (χ1) is 7.58. The number of nitrogens with zero attached hydrogens (tertiary/aromatic N) is 2. The average molecular weight is 243 g/mol. The van der Waals surface area contributed by atoms with Crippen molar-refractivity contribution in [2.24, 2.45) is 7.05 Å². The predicted octanol–water partition coefficient (Wildman–Crippen LogP) is 1.28. The summed E-state index contributed by atoms with van der Waals surface area (Å²) in [6.07, 6.45) is 2.94. The van der Waals surface area contributed by atoms with E-state index < -0.39 is 6.10 Å². The molecule has 0 spiro atoms. The number of aromatic nitrogens is 1. The molecule has 1 aromatic rings. The van der Waals surface area contributed by atoms with Gasteiger partial charge in [0.15, 0.2) is 0 Å². The van der Waals surface area contributed by atoms with E-state index in [0.29, 0.717) is 23.8 Å². The van der Waals surface area contributed by atoms with Crippen LogP contribution in [0.15, 0.2) is 12.3 Å². The van der Waals surface area contributed by atoms with Gasteiger partial charge in [-0.1, -0.05) is 11.6 Å². The molecule has 1 fully saturated rings. The van der Waals surface area contributed by atoms with Gasteiger partial charge in [-0.25, -0.2) is 0 Å². The molecule has 16 heavy (non-hydrogen) atoms. The molecule has 0 bridgehead atoms. The fourth-order valence-electron chi connectivity index (χ4n) is 2.04. The van der Waals surface area contributed by atoms with Crippen LogP contribution in [0.4, 0.5) is 0 Å². The van der Waals surface area contributed by atoms with Crippen LogP contribution in [0.3, 0.4) is 0 Å². The molecule has 4 nitrogen and oxygen atoms in total. The molecule has 0 radical (unpaired) electrons. The second-order valence-corrected chi connectivity index (χ2v) is 4.64. The van der Waals surface area contributed by atoms with Crippen LogP contribution in [0.1, 0.15) is 23.3 Å². The number of aliphatic hydroxyl groups is 1. The largest absolute Gasteiger partial charge is 0.391 e. The van der Waals surface area contributed by atoms with E-state index in [1.165, 1.54) is 0 Å². The molecule has 2 rings (SSSR count). The van der Waals surface area contributed by atoms with E-state index in [-0.39, 0.29) is 5.91 Å². The van der Waals surface area contributed by atoms with Crippen LogP contribution in [-0.2, 0) is 7.05 Å². The normalized spacial score (nSPS) is 21.2. The van der Waals surface area contributed by atoms with Crippen LogP contribution in [0, 0.1) is 0 Å². The van der Waals surface area contributed by atoms with Gasteiger partial charge in [-0.3, -0.25) is 4.79 Å². The topological polar surface area (TPSA) is 45.5 Å². The van der Waals surface area contributed by atoms with Gasteiger partial charge in [-0.05, 0) is 18.9 Å². The highest BCUT2D eigenvalue weighted by molar-refractivity contribution is 6.31. The molecule has 1 aliphatic rings. The molecule has 1 N–H and O–H groups in total. The van der Waals surface area contributed by atoms with Gasteiger partial charge in [-0.15, -0.1) is 0 Å². The Morgan fingerprint density at radius 2 is 2.38 bits per heavy atom. The van der Waals surface area contributed by atoms with Crippen molar-refractivity contribution in [3.8, 4) is 0 Å². The molecule has 1 amide bonds. The van der Waals surface area contributed by atoms with Crippen molar-refractivity contribution in [3.63, 3.8) is 0 Å². The maximum absolute atomic E-state index is 12.1. The van der Waals surface area contributed by atoms with Gasteiger partial charge in [0.05, 0.1) is 11.1 Å². The molecule has 1 aromatic heterocycles. The lowest BCUT2D eigenvalue weighted by atomic mass is 10.1. The molecule has 1 saturated heterocycles. The Bertz CT molecular complexity index is 403. The Balaban J connectivity index is 2.15. The van der Waals surface area contributed by atoms with Crippen molar-refractivity contribution in [2.75, 3.05) is 13.1 Å². The fraction of sp³-hybridized carbons (Fsp3) is 0.545. The summed E-state index contributed by atoms with van der Waals surface area (Å²) in [6, 6.07) is 1.66. The number of carbonyl (C=O) groups excluding carboxylic acids is 1. The van der Waals surface area contributed by atoms with Gasteiger partial charge in [0, 0.05) is 26.3 Å². The zero-order valence-corrected chi connectivity index (χ0v) is 9.94. The number of halogens is 1. The van der Waals surface area contributed by atoms with Crippen molar-refractivity contribution in [1.29, 1.82) is 0 Å². The summed E-state index contributed by atoms with van der Waals surface area (Å²) >= 11 is 5.84. The van der Waals surface area contributed by atoms with Gasteiger partial charge in [0.2, 0.25) is 0 Å². The summed E-state index contributed by atoms with van der Waals surface area (Å²) in [5, 5.41) is 10.1. The molecular formula is C11H15ClN2O2. The zero-order valence-electron chi connectivity index (χ0n) is 9.19. The number of hydrogen-bond acceptors (Lipinski definition) is 2. The Morgan fingerprint density at radius 1 is 1.62 bits per heavy atom. The molecule has 0 aromatic carbocycles. The van der Waals surface area contributed by atoms with E-state index >= 15 is 0 Å². The van der Waals surface area contributed by atoms with Crippen molar-refractivity contribution >= 4 is 17.5 Å². The maximum atomic E-state index is 12.1. The number of likely N-dealkylation sites (tertiary alicyclic amines) is 1. The molecular weight excluding hydrogens is 228 g/mol. The van der Waals surface area contributed by atoms with Gasteiger partial charge in [-0.2, -0.15) is 0 Å². The summed E-state index contributed by atoms with van der Waals surface area (Å²) in [4.78, 5) is 13.8. The SMILES string of the molecule is Cn1cc(Cl)cc1C(=O)N1CCCC(O)C1. The lowest BCUT2D eigenvalue weighted by molar-refractivity contribution is 0.0466. The summed E-state index contributed by atoms with van der Waals surface area (Å²) in [7, 11) is 1.79. The first kappa shape index (κ1) is 11.5. The maximum Gasteiger partial charge on any atom is 0.270 e. The Hall–Kier alpha value is -1.00. The summed E-state index contributed by atoms with van der Waals surface area (Å²) in [5.41, 5.74) is 0.569. The molecule has 0 aliphatic carbocycles. The number of amides is 1. The van der Waals surface area contributed by atoms with Crippen LogP contribution in [0.2, 0.25) is 5.02 Å². The number of rotatable bonds is 1. The minimum absolute atomic E-state index is 0.0619. The van der Waals surface area contributed by atoms with Crippen molar-refractivity contribution in [1.82, 2.24) is 9.47 Å². The quantitative estimate of drug-likeness (QED) is 0.806. The third-order valence-corrected chi connectivity index (χ3v) is 3.08. The first-order valence-corrected chi connectivity index (χ1v) is 5.75. The summed E-state index contributed by atoms with van der Waals surface area (Å²) in [6.45, 7) is 1.13. The van der Waals surface area contributed by atoms with Crippen LogP contribution < -0.4 is 0 Å². The van der Waals surface area contributed by atoms with Crippen molar-refractivity contribution < 1.29 is 9.90 Å². The Morgan fingerprint density at radius 3 is 2.94 bits per heavy atom. The monoisotopic (exact) mass is 242 g/mol. The van der Waals surface area contributed by atoms with E-state index in [0.717, 1.165) is 12.8 Å². The molecule has 2 heterocycles. The van der Waals surface area contributed by atoms with E-state index in [1.807, 2.05) is 0 Å². The van der Waals surface area contributed by atoms with Crippen molar-refractivity contribution in [2.45, 2.75) is 18.9 Å². The first-order valence-electron chi connectivity index (χ1n) is 5.37. The number of hydrogen-bond donors (Lipinski definition) is 1. The Kier molecular flexibility index (Phi) is 3.21. The van der Waals surface area contributed by atoms with Crippen LogP contribution in [0.5, 0.6) is 0 Å². The molecule has 88 valence electrons. The minimum atomic E-state index is -0.395. The average Bonchev–Trinajstić information content (AvgIpc) is 2.57. The smallest absolute Gasteiger partial charge is 0.270 e. The molecule has 5 heteroatoms. The Labute approximate surface area is 99.4 Å². The molecule has 1 atom stereocenters. The second-order valence-electron chi connectivity index (χ2n) is 4.20. The van der Waals surface area contributed by atoms with Gasteiger partial charge in [0.1, 0.15) is 5.69 Å². The van der Waals surface area contributed by atoms with Gasteiger partial charge < -0.3 is 14.6 Å². The third-order valence-electron chi connectivity index (χ3n) is 2.87. The number of aliphatic hydroxyl groups excluding tert-OH is 1. The number of carbonyl (C=O) groups is 1. The van der Waals surface area contributed by atoms with E-state index in [1.54, 1.807) is 28.8 Å². The highest BCUT2D eigenvalue weighted by Gasteiger charge is 2.24.